The van der Waals surface area contributed by atoms with Gasteiger partial charge in [-0.25, -0.2) is 19.9 Å². The molecule has 0 bridgehead atoms. The summed E-state index contributed by atoms with van der Waals surface area (Å²) in [5, 5.41) is 1.20. The van der Waals surface area contributed by atoms with Gasteiger partial charge in [0.15, 0.2) is 0 Å². The predicted octanol–water partition coefficient (Wildman–Crippen LogP) is 3.80. The third kappa shape index (κ3) is 4.22. The Morgan fingerprint density at radius 2 is 1.18 bits per heavy atom. The monoisotopic (exact) mass is 466 g/mol. The minimum absolute atomic E-state index is 0.00518. The van der Waals surface area contributed by atoms with E-state index in [0.717, 1.165) is 0 Å². The normalized spacial score (nSPS) is 13.6. The minimum atomic E-state index is -0.393. The molecule has 22 heavy (non-hydrogen) atoms. The van der Waals surface area contributed by atoms with Gasteiger partial charge in [0.05, 0.1) is 11.8 Å². The van der Waals surface area contributed by atoms with E-state index in [4.69, 9.17) is 23.2 Å². The maximum Gasteiger partial charge on any atom is 0.222 e. The highest BCUT2D eigenvalue weighted by molar-refractivity contribution is 9.09. The van der Waals surface area contributed by atoms with Gasteiger partial charge in [-0.1, -0.05) is 31.9 Å². The van der Waals surface area contributed by atoms with Crippen LogP contribution in [0.1, 0.15) is 23.0 Å². The molecule has 2 heterocycles. The highest BCUT2D eigenvalue weighted by atomic mass is 79.9. The van der Waals surface area contributed by atoms with Gasteiger partial charge >= 0.3 is 0 Å². The standard InChI is InChI=1S/C13H10Br2Cl2N4O/c14-1-9(7-3-18-12(16)19-4-7)11(22)10(2-15)8-5-20-13(17)21-6-8/h3-6,9-10H,1-2H2. The number of hydrogen-bond acceptors (Lipinski definition) is 5. The van der Waals surface area contributed by atoms with Gasteiger partial charge < -0.3 is 0 Å². The van der Waals surface area contributed by atoms with Crippen molar-refractivity contribution < 1.29 is 4.79 Å². The Bertz CT molecular complexity index is 584. The van der Waals surface area contributed by atoms with Crippen LogP contribution in [0.4, 0.5) is 0 Å². The zero-order valence-corrected chi connectivity index (χ0v) is 15.8. The van der Waals surface area contributed by atoms with Crippen LogP contribution in [0.15, 0.2) is 24.8 Å². The number of rotatable bonds is 6. The third-order valence-corrected chi connectivity index (χ3v) is 4.77. The van der Waals surface area contributed by atoms with Gasteiger partial charge in [0.25, 0.3) is 0 Å². The molecule has 0 N–H and O–H groups in total. The van der Waals surface area contributed by atoms with Crippen molar-refractivity contribution in [1.29, 1.82) is 0 Å². The highest BCUT2D eigenvalue weighted by Crippen LogP contribution is 2.29. The fourth-order valence-electron chi connectivity index (χ4n) is 1.91. The molecule has 0 aliphatic heterocycles. The number of alkyl halides is 2. The van der Waals surface area contributed by atoms with Crippen LogP contribution >= 0.6 is 55.1 Å². The summed E-state index contributed by atoms with van der Waals surface area (Å²) in [5.41, 5.74) is 1.40. The number of nitrogens with zero attached hydrogens (tertiary/aromatic N) is 4. The summed E-state index contributed by atoms with van der Waals surface area (Å²) in [7, 11) is 0. The molecule has 2 rings (SSSR count). The molecule has 0 saturated heterocycles. The van der Waals surface area contributed by atoms with Gasteiger partial charge in [0.2, 0.25) is 10.6 Å². The van der Waals surface area contributed by atoms with Crippen LogP contribution in [0, 0.1) is 0 Å². The summed E-state index contributed by atoms with van der Waals surface area (Å²) in [6.45, 7) is 0. The van der Waals surface area contributed by atoms with Crippen LogP contribution in [0.5, 0.6) is 0 Å². The molecule has 9 heteroatoms. The number of carbonyl (C=O) groups is 1. The Morgan fingerprint density at radius 1 is 0.864 bits per heavy atom. The predicted molar refractivity (Wildman–Crippen MR) is 92.2 cm³/mol. The SMILES string of the molecule is O=C(C(CBr)c1cnc(Cl)nc1)C(CBr)c1cnc(Cl)nc1. The zero-order chi connectivity index (χ0) is 16.1. The summed E-state index contributed by atoms with van der Waals surface area (Å²) in [6, 6.07) is 0. The first-order chi connectivity index (χ1) is 10.6. The lowest BCUT2D eigenvalue weighted by molar-refractivity contribution is -0.121. The Balaban J connectivity index is 2.29. The van der Waals surface area contributed by atoms with Crippen molar-refractivity contribution in [1.82, 2.24) is 19.9 Å². The van der Waals surface area contributed by atoms with E-state index in [0.29, 0.717) is 21.8 Å². The number of ketones is 1. The fraction of sp³-hybridized carbons (Fsp3) is 0.308. The molecule has 0 aliphatic rings. The number of halogens is 4. The summed E-state index contributed by atoms with van der Waals surface area (Å²) in [4.78, 5) is 28.5. The second-order valence-corrected chi connectivity index (χ2v) is 6.36. The molecule has 0 fully saturated rings. The molecule has 0 amide bonds. The van der Waals surface area contributed by atoms with E-state index in [-0.39, 0.29) is 16.4 Å². The first-order valence-corrected chi connectivity index (χ1v) is 9.17. The molecule has 0 saturated carbocycles. The van der Waals surface area contributed by atoms with Crippen molar-refractivity contribution in [2.45, 2.75) is 11.8 Å². The molecule has 5 nitrogen and oxygen atoms in total. The number of hydrogen-bond donors (Lipinski definition) is 0. The Labute approximate surface area is 154 Å². The lowest BCUT2D eigenvalue weighted by Crippen LogP contribution is -2.23. The van der Waals surface area contributed by atoms with E-state index in [9.17, 15) is 4.79 Å². The van der Waals surface area contributed by atoms with Crippen LogP contribution in [0.25, 0.3) is 0 Å². The highest BCUT2D eigenvalue weighted by Gasteiger charge is 2.29. The Hall–Kier alpha value is -0.630. The van der Waals surface area contributed by atoms with Crippen molar-refractivity contribution in [3.05, 3.63) is 46.5 Å². The third-order valence-electron chi connectivity index (χ3n) is 3.08. The fourth-order valence-corrected chi connectivity index (χ4v) is 3.49. The molecule has 0 radical (unpaired) electrons. The smallest absolute Gasteiger partial charge is 0.222 e. The second kappa shape index (κ2) is 8.29. The van der Waals surface area contributed by atoms with Gasteiger partial charge in [0, 0.05) is 46.6 Å². The van der Waals surface area contributed by atoms with Crippen LogP contribution in [0.2, 0.25) is 10.6 Å². The van der Waals surface area contributed by atoms with Gasteiger partial charge in [-0.3, -0.25) is 4.79 Å². The molecule has 2 atom stereocenters. The molecule has 0 aromatic carbocycles. The largest absolute Gasteiger partial charge is 0.298 e. The molecule has 116 valence electrons. The van der Waals surface area contributed by atoms with Crippen LogP contribution in [-0.4, -0.2) is 36.4 Å². The zero-order valence-electron chi connectivity index (χ0n) is 11.1. The summed E-state index contributed by atoms with van der Waals surface area (Å²) in [6.07, 6.45) is 6.23. The molecule has 2 aromatic rings. The second-order valence-electron chi connectivity index (χ2n) is 4.39. The number of aromatic nitrogens is 4. The molecule has 0 spiro atoms. The van der Waals surface area contributed by atoms with Crippen molar-refractivity contribution >= 4 is 60.8 Å². The van der Waals surface area contributed by atoms with Gasteiger partial charge in [-0.2, -0.15) is 0 Å². The quantitative estimate of drug-likeness (QED) is 0.476. The van der Waals surface area contributed by atoms with Crippen molar-refractivity contribution in [2.75, 3.05) is 10.7 Å². The number of Topliss-reactive ketones (excluding diaryl/α,β-unsaturated/α-hetero) is 1. The van der Waals surface area contributed by atoms with Crippen LogP contribution < -0.4 is 0 Å². The lowest BCUT2D eigenvalue weighted by atomic mass is 9.88. The van der Waals surface area contributed by atoms with Gasteiger partial charge in [-0.15, -0.1) is 0 Å². The maximum atomic E-state index is 12.8. The van der Waals surface area contributed by atoms with Gasteiger partial charge in [0.1, 0.15) is 5.78 Å². The summed E-state index contributed by atoms with van der Waals surface area (Å²) >= 11 is 18.1. The van der Waals surface area contributed by atoms with Gasteiger partial charge in [-0.05, 0) is 23.2 Å². The molecule has 0 aliphatic carbocycles. The average molecular weight is 469 g/mol. The minimum Gasteiger partial charge on any atom is -0.298 e. The van der Waals surface area contributed by atoms with Crippen molar-refractivity contribution in [3.8, 4) is 0 Å². The van der Waals surface area contributed by atoms with E-state index in [2.05, 4.69) is 51.8 Å². The van der Waals surface area contributed by atoms with E-state index >= 15 is 0 Å². The van der Waals surface area contributed by atoms with Crippen LogP contribution in [0.3, 0.4) is 0 Å². The molecular formula is C13H10Br2Cl2N4O. The van der Waals surface area contributed by atoms with E-state index in [1.54, 1.807) is 24.8 Å². The topological polar surface area (TPSA) is 68.6 Å². The first kappa shape index (κ1) is 17.7. The van der Waals surface area contributed by atoms with Crippen LogP contribution in [-0.2, 0) is 4.79 Å². The van der Waals surface area contributed by atoms with Crippen molar-refractivity contribution in [3.63, 3.8) is 0 Å². The lowest BCUT2D eigenvalue weighted by Gasteiger charge is -2.19. The van der Waals surface area contributed by atoms with E-state index in [1.165, 1.54) is 0 Å². The Kier molecular flexibility index (Phi) is 6.67. The molecular weight excluding hydrogens is 459 g/mol. The average Bonchev–Trinajstić information content (AvgIpc) is 2.52. The van der Waals surface area contributed by atoms with E-state index < -0.39 is 11.8 Å². The molecule has 2 aromatic heterocycles. The summed E-state index contributed by atoms with van der Waals surface area (Å²) < 4.78 is 0. The molecule has 2 unspecified atom stereocenters. The summed E-state index contributed by atoms with van der Waals surface area (Å²) in [5.74, 6) is -0.781. The number of carbonyl (C=O) groups excluding carboxylic acids is 1. The Morgan fingerprint density at radius 3 is 1.45 bits per heavy atom. The van der Waals surface area contributed by atoms with Crippen molar-refractivity contribution in [2.24, 2.45) is 0 Å². The van der Waals surface area contributed by atoms with E-state index in [1.807, 2.05) is 0 Å². The first-order valence-electron chi connectivity index (χ1n) is 6.17. The maximum absolute atomic E-state index is 12.8.